The van der Waals surface area contributed by atoms with Gasteiger partial charge in [-0.3, -0.25) is 9.78 Å². The number of anilines is 1. The molecular weight excluding hydrogens is 290 g/mol. The summed E-state index contributed by atoms with van der Waals surface area (Å²) >= 11 is 0. The number of primary sulfonamides is 1. The van der Waals surface area contributed by atoms with E-state index in [0.29, 0.717) is 11.3 Å². The lowest BCUT2D eigenvalue weighted by Gasteiger charge is -2.09. The van der Waals surface area contributed by atoms with Gasteiger partial charge in [0.15, 0.2) is 0 Å². The summed E-state index contributed by atoms with van der Waals surface area (Å²) in [5.41, 5.74) is 1.98. The van der Waals surface area contributed by atoms with E-state index in [1.165, 1.54) is 18.2 Å². The van der Waals surface area contributed by atoms with E-state index in [2.05, 4.69) is 10.3 Å². The van der Waals surface area contributed by atoms with Gasteiger partial charge in [0.25, 0.3) is 0 Å². The average Bonchev–Trinajstić information content (AvgIpc) is 2.41. The third kappa shape index (κ3) is 4.11. The second kappa shape index (κ2) is 6.02. The molecule has 0 saturated heterocycles. The van der Waals surface area contributed by atoms with Crippen molar-refractivity contribution in [3.05, 3.63) is 53.9 Å². The molecule has 3 N–H and O–H groups in total. The van der Waals surface area contributed by atoms with E-state index in [0.717, 1.165) is 5.56 Å². The number of pyridine rings is 1. The van der Waals surface area contributed by atoms with Gasteiger partial charge in [0.1, 0.15) is 0 Å². The van der Waals surface area contributed by atoms with Crippen molar-refractivity contribution in [1.29, 1.82) is 0 Å². The second-order valence-corrected chi connectivity index (χ2v) is 6.17. The van der Waals surface area contributed by atoms with Gasteiger partial charge in [0.05, 0.1) is 11.3 Å². The predicted molar refractivity (Wildman–Crippen MR) is 79.1 cm³/mol. The molecular formula is C14H15N3O3S. The van der Waals surface area contributed by atoms with E-state index in [1.807, 2.05) is 6.07 Å². The first kappa shape index (κ1) is 15.1. The Morgan fingerprint density at radius 3 is 2.67 bits per heavy atom. The molecule has 2 rings (SSSR count). The first-order valence-corrected chi connectivity index (χ1v) is 7.73. The number of carbonyl (C=O) groups is 1. The van der Waals surface area contributed by atoms with Crippen LogP contribution in [0.3, 0.4) is 0 Å². The molecule has 21 heavy (non-hydrogen) atoms. The molecule has 0 unspecified atom stereocenters. The molecule has 1 aromatic carbocycles. The minimum absolute atomic E-state index is 0.0188. The lowest BCUT2D eigenvalue weighted by atomic mass is 10.1. The maximum absolute atomic E-state index is 11.9. The molecule has 0 bridgehead atoms. The summed E-state index contributed by atoms with van der Waals surface area (Å²) in [6.45, 7) is 1.70. The Labute approximate surface area is 123 Å². The Hall–Kier alpha value is -2.25. The topological polar surface area (TPSA) is 102 Å². The quantitative estimate of drug-likeness (QED) is 0.886. The van der Waals surface area contributed by atoms with Gasteiger partial charge in [0, 0.05) is 18.1 Å². The normalized spacial score (nSPS) is 11.1. The fourth-order valence-electron chi connectivity index (χ4n) is 1.84. The largest absolute Gasteiger partial charge is 0.326 e. The number of amides is 1. The molecule has 0 atom stereocenters. The van der Waals surface area contributed by atoms with Crippen LogP contribution in [0.25, 0.3) is 0 Å². The van der Waals surface area contributed by atoms with Crippen molar-refractivity contribution in [2.24, 2.45) is 5.14 Å². The van der Waals surface area contributed by atoms with Crippen molar-refractivity contribution in [3.63, 3.8) is 0 Å². The van der Waals surface area contributed by atoms with Crippen LogP contribution < -0.4 is 10.5 Å². The first-order valence-electron chi connectivity index (χ1n) is 6.18. The van der Waals surface area contributed by atoms with E-state index in [4.69, 9.17) is 5.14 Å². The zero-order valence-corrected chi connectivity index (χ0v) is 12.2. The molecule has 0 aliphatic heterocycles. The second-order valence-electron chi connectivity index (χ2n) is 4.61. The Kier molecular flexibility index (Phi) is 4.35. The summed E-state index contributed by atoms with van der Waals surface area (Å²) in [5, 5.41) is 7.79. The van der Waals surface area contributed by atoms with Gasteiger partial charge in [-0.25, -0.2) is 13.6 Å². The molecule has 2 aromatic rings. The number of sulfonamides is 1. The highest BCUT2D eigenvalue weighted by molar-refractivity contribution is 7.89. The monoisotopic (exact) mass is 305 g/mol. The van der Waals surface area contributed by atoms with Crippen LogP contribution in [0.1, 0.15) is 11.1 Å². The summed E-state index contributed by atoms with van der Waals surface area (Å²) in [6.07, 6.45) is 3.46. The lowest BCUT2D eigenvalue weighted by molar-refractivity contribution is -0.115. The highest BCUT2D eigenvalue weighted by atomic mass is 32.2. The van der Waals surface area contributed by atoms with Gasteiger partial charge >= 0.3 is 0 Å². The van der Waals surface area contributed by atoms with Gasteiger partial charge in [-0.05, 0) is 42.3 Å². The summed E-state index contributed by atoms with van der Waals surface area (Å²) in [4.78, 5) is 15.9. The number of nitrogens with zero attached hydrogens (tertiary/aromatic N) is 1. The zero-order valence-electron chi connectivity index (χ0n) is 11.4. The number of benzene rings is 1. The smallest absolute Gasteiger partial charge is 0.238 e. The van der Waals surface area contributed by atoms with E-state index in [-0.39, 0.29) is 17.2 Å². The Bertz CT molecular complexity index is 758. The van der Waals surface area contributed by atoms with Crippen molar-refractivity contribution < 1.29 is 13.2 Å². The molecule has 1 heterocycles. The van der Waals surface area contributed by atoms with Crippen molar-refractivity contribution in [2.75, 3.05) is 5.32 Å². The summed E-state index contributed by atoms with van der Waals surface area (Å²) in [7, 11) is -3.74. The van der Waals surface area contributed by atoms with Crippen molar-refractivity contribution in [3.8, 4) is 0 Å². The average molecular weight is 305 g/mol. The van der Waals surface area contributed by atoms with Gasteiger partial charge in [-0.2, -0.15) is 0 Å². The highest BCUT2D eigenvalue weighted by Crippen LogP contribution is 2.19. The standard InChI is InChI=1S/C14H15N3O3S/c1-10-7-12(21(15,19)20)4-5-13(10)17-14(18)8-11-3-2-6-16-9-11/h2-7,9H,8H2,1H3,(H,17,18)(H2,15,19,20). The number of hydrogen-bond acceptors (Lipinski definition) is 4. The molecule has 1 amide bonds. The molecule has 6 nitrogen and oxygen atoms in total. The number of aromatic nitrogens is 1. The Balaban J connectivity index is 2.11. The summed E-state index contributed by atoms with van der Waals surface area (Å²) in [6, 6.07) is 7.88. The molecule has 0 aliphatic rings. The third-order valence-electron chi connectivity index (χ3n) is 2.89. The number of hydrogen-bond donors (Lipinski definition) is 2. The zero-order chi connectivity index (χ0) is 15.5. The number of nitrogens with two attached hydrogens (primary N) is 1. The van der Waals surface area contributed by atoms with Gasteiger partial charge in [0.2, 0.25) is 15.9 Å². The molecule has 7 heteroatoms. The Morgan fingerprint density at radius 1 is 1.33 bits per heavy atom. The minimum atomic E-state index is -3.74. The van der Waals surface area contributed by atoms with Crippen LogP contribution in [0.2, 0.25) is 0 Å². The SMILES string of the molecule is Cc1cc(S(N)(=O)=O)ccc1NC(=O)Cc1cccnc1. The fourth-order valence-corrected chi connectivity index (χ4v) is 2.43. The first-order chi connectivity index (χ1) is 9.86. The fraction of sp³-hybridized carbons (Fsp3) is 0.143. The number of carbonyl (C=O) groups excluding carboxylic acids is 1. The van der Waals surface area contributed by atoms with Crippen molar-refractivity contribution in [1.82, 2.24) is 4.98 Å². The van der Waals surface area contributed by atoms with Crippen molar-refractivity contribution >= 4 is 21.6 Å². The van der Waals surface area contributed by atoms with E-state index >= 15 is 0 Å². The lowest BCUT2D eigenvalue weighted by Crippen LogP contribution is -2.16. The molecule has 1 aromatic heterocycles. The molecule has 0 fully saturated rings. The third-order valence-corrected chi connectivity index (χ3v) is 3.80. The van der Waals surface area contributed by atoms with Gasteiger partial charge < -0.3 is 5.32 Å². The predicted octanol–water partition coefficient (Wildman–Crippen LogP) is 1.22. The summed E-state index contributed by atoms with van der Waals surface area (Å²) in [5.74, 6) is -0.200. The molecule has 110 valence electrons. The van der Waals surface area contributed by atoms with Crippen LogP contribution in [-0.4, -0.2) is 19.3 Å². The van der Waals surface area contributed by atoms with E-state index in [9.17, 15) is 13.2 Å². The maximum Gasteiger partial charge on any atom is 0.238 e. The van der Waals surface area contributed by atoms with Crippen LogP contribution in [-0.2, 0) is 21.2 Å². The van der Waals surface area contributed by atoms with Gasteiger partial charge in [-0.1, -0.05) is 6.07 Å². The minimum Gasteiger partial charge on any atom is -0.326 e. The molecule has 0 aliphatic carbocycles. The van der Waals surface area contributed by atoms with E-state index in [1.54, 1.807) is 25.4 Å². The van der Waals surface area contributed by atoms with Gasteiger partial charge in [-0.15, -0.1) is 0 Å². The summed E-state index contributed by atoms with van der Waals surface area (Å²) < 4.78 is 22.5. The van der Waals surface area contributed by atoms with Crippen LogP contribution in [0.5, 0.6) is 0 Å². The van der Waals surface area contributed by atoms with Crippen molar-refractivity contribution in [2.45, 2.75) is 18.2 Å². The van der Waals surface area contributed by atoms with Crippen LogP contribution in [0, 0.1) is 6.92 Å². The number of nitrogens with one attached hydrogen (secondary N) is 1. The van der Waals surface area contributed by atoms with E-state index < -0.39 is 10.0 Å². The molecule has 0 saturated carbocycles. The number of rotatable bonds is 4. The number of aryl methyl sites for hydroxylation is 1. The van der Waals surface area contributed by atoms with Crippen LogP contribution in [0.15, 0.2) is 47.6 Å². The Morgan fingerprint density at radius 2 is 2.10 bits per heavy atom. The molecule has 0 radical (unpaired) electrons. The molecule has 0 spiro atoms. The highest BCUT2D eigenvalue weighted by Gasteiger charge is 2.11. The maximum atomic E-state index is 11.9. The van der Waals surface area contributed by atoms with Crippen LogP contribution in [0.4, 0.5) is 5.69 Å². The van der Waals surface area contributed by atoms with Crippen LogP contribution >= 0.6 is 0 Å².